The third-order valence-corrected chi connectivity index (χ3v) is 6.07. The Morgan fingerprint density at radius 1 is 1.03 bits per heavy atom. The number of aromatic nitrogens is 3. The van der Waals surface area contributed by atoms with Gasteiger partial charge in [0.25, 0.3) is 17.6 Å². The number of pyridine rings is 1. The second-order valence-corrected chi connectivity index (χ2v) is 8.46. The Balaban J connectivity index is 1.49. The molecule has 1 atom stereocenters. The fourth-order valence-corrected chi connectivity index (χ4v) is 4.32. The zero-order valence-corrected chi connectivity index (χ0v) is 19.7. The maximum Gasteiger partial charge on any atom is 0.280 e. The predicted molar refractivity (Wildman–Crippen MR) is 132 cm³/mol. The molecule has 0 saturated carbocycles. The van der Waals surface area contributed by atoms with E-state index in [0.29, 0.717) is 5.56 Å². The highest BCUT2D eigenvalue weighted by Crippen LogP contribution is 2.27. The van der Waals surface area contributed by atoms with Gasteiger partial charge in [0.2, 0.25) is 0 Å². The minimum atomic E-state index is -1.84. The van der Waals surface area contributed by atoms with Crippen LogP contribution in [0.1, 0.15) is 15.9 Å². The smallest absolute Gasteiger partial charge is 0.280 e. The van der Waals surface area contributed by atoms with Crippen LogP contribution in [0.2, 0.25) is 0 Å². The second kappa shape index (κ2) is 10.3. The molecule has 1 aliphatic heterocycles. The zero-order valence-electron chi connectivity index (χ0n) is 19.7. The molecule has 10 heteroatoms. The Morgan fingerprint density at radius 2 is 1.70 bits per heavy atom. The van der Waals surface area contributed by atoms with Crippen molar-refractivity contribution in [1.82, 2.24) is 20.1 Å². The van der Waals surface area contributed by atoms with E-state index >= 15 is 0 Å². The van der Waals surface area contributed by atoms with Crippen LogP contribution in [0.5, 0.6) is 0 Å². The van der Waals surface area contributed by atoms with Crippen molar-refractivity contribution in [3.05, 3.63) is 102 Å². The molecular weight excluding hydrogens is 477 g/mol. The zero-order chi connectivity index (χ0) is 25.8. The molecule has 188 valence electrons. The molecule has 3 N–H and O–H groups in total. The lowest BCUT2D eigenvalue weighted by atomic mass is 9.97. The summed E-state index contributed by atoms with van der Waals surface area (Å²) < 4.78 is 27.4. The van der Waals surface area contributed by atoms with Crippen molar-refractivity contribution in [3.63, 3.8) is 0 Å². The van der Waals surface area contributed by atoms with Crippen LogP contribution in [0.25, 0.3) is 17.1 Å². The SMILES string of the molecule is NC(=O)C1(C(Cc2ccccc2)NC(=O)c2cccnc2-n2cc(F)c(-c3ccccc3)n2)OCCO1. The lowest BCUT2D eigenvalue weighted by molar-refractivity contribution is -0.189. The maximum atomic E-state index is 14.8. The quantitative estimate of drug-likeness (QED) is 0.383. The van der Waals surface area contributed by atoms with Gasteiger partial charge in [-0.15, -0.1) is 0 Å². The molecule has 2 amide bonds. The van der Waals surface area contributed by atoms with Gasteiger partial charge in [-0.25, -0.2) is 14.1 Å². The number of benzene rings is 2. The van der Waals surface area contributed by atoms with E-state index in [0.717, 1.165) is 11.8 Å². The van der Waals surface area contributed by atoms with Crippen molar-refractivity contribution < 1.29 is 23.5 Å². The van der Waals surface area contributed by atoms with Crippen LogP contribution in [0.3, 0.4) is 0 Å². The number of hydrogen-bond acceptors (Lipinski definition) is 6. The second-order valence-electron chi connectivity index (χ2n) is 8.46. The van der Waals surface area contributed by atoms with E-state index < -0.39 is 29.5 Å². The van der Waals surface area contributed by atoms with E-state index in [2.05, 4.69) is 15.4 Å². The summed E-state index contributed by atoms with van der Waals surface area (Å²) in [6, 6.07) is 20.3. The third kappa shape index (κ3) is 4.84. The third-order valence-electron chi connectivity index (χ3n) is 6.07. The number of amides is 2. The number of ether oxygens (including phenoxy) is 2. The van der Waals surface area contributed by atoms with Crippen molar-refractivity contribution in [2.45, 2.75) is 18.2 Å². The Morgan fingerprint density at radius 3 is 2.38 bits per heavy atom. The molecule has 0 bridgehead atoms. The number of carbonyl (C=O) groups excluding carboxylic acids is 2. The molecule has 1 fully saturated rings. The summed E-state index contributed by atoms with van der Waals surface area (Å²) in [4.78, 5) is 30.3. The molecule has 0 aliphatic carbocycles. The van der Waals surface area contributed by atoms with Crippen molar-refractivity contribution in [2.24, 2.45) is 5.73 Å². The van der Waals surface area contributed by atoms with Gasteiger partial charge in [0.15, 0.2) is 11.6 Å². The number of nitrogens with one attached hydrogen (secondary N) is 1. The van der Waals surface area contributed by atoms with Gasteiger partial charge in [0.05, 0.1) is 31.0 Å². The molecule has 1 aliphatic rings. The Bertz CT molecular complexity index is 1400. The fraction of sp³-hybridized carbons (Fsp3) is 0.185. The van der Waals surface area contributed by atoms with Gasteiger partial charge in [0, 0.05) is 11.8 Å². The topological polar surface area (TPSA) is 121 Å². The molecule has 1 saturated heterocycles. The molecule has 0 spiro atoms. The number of nitrogens with two attached hydrogens (primary N) is 1. The summed E-state index contributed by atoms with van der Waals surface area (Å²) in [6.07, 6.45) is 2.85. The predicted octanol–water partition coefficient (Wildman–Crippen LogP) is 2.64. The van der Waals surface area contributed by atoms with E-state index in [1.807, 2.05) is 36.4 Å². The van der Waals surface area contributed by atoms with Gasteiger partial charge in [-0.2, -0.15) is 5.10 Å². The number of carbonyl (C=O) groups is 2. The van der Waals surface area contributed by atoms with E-state index in [1.165, 1.54) is 16.9 Å². The van der Waals surface area contributed by atoms with Gasteiger partial charge in [-0.1, -0.05) is 60.7 Å². The Hall–Kier alpha value is -4.41. The van der Waals surface area contributed by atoms with Crippen LogP contribution >= 0.6 is 0 Å². The molecular formula is C27H24FN5O4. The first-order chi connectivity index (χ1) is 18.0. The first-order valence-corrected chi connectivity index (χ1v) is 11.7. The van der Waals surface area contributed by atoms with Gasteiger partial charge >= 0.3 is 0 Å². The average Bonchev–Trinajstić information content (AvgIpc) is 3.57. The van der Waals surface area contributed by atoms with Crippen molar-refractivity contribution in [3.8, 4) is 17.1 Å². The van der Waals surface area contributed by atoms with E-state index in [9.17, 15) is 14.0 Å². The highest BCUT2D eigenvalue weighted by Gasteiger charge is 2.51. The average molecular weight is 502 g/mol. The lowest BCUT2D eigenvalue weighted by Crippen LogP contribution is -2.61. The lowest BCUT2D eigenvalue weighted by Gasteiger charge is -2.33. The van der Waals surface area contributed by atoms with Crippen LogP contribution < -0.4 is 11.1 Å². The van der Waals surface area contributed by atoms with Crippen LogP contribution in [-0.2, 0) is 20.7 Å². The van der Waals surface area contributed by atoms with Gasteiger partial charge < -0.3 is 20.5 Å². The van der Waals surface area contributed by atoms with Crippen molar-refractivity contribution in [1.29, 1.82) is 0 Å². The molecule has 1 unspecified atom stereocenters. The van der Waals surface area contributed by atoms with Gasteiger partial charge in [-0.3, -0.25) is 9.59 Å². The van der Waals surface area contributed by atoms with Crippen molar-refractivity contribution >= 4 is 11.8 Å². The molecule has 5 rings (SSSR count). The number of primary amides is 1. The van der Waals surface area contributed by atoms with Crippen LogP contribution in [-0.4, -0.2) is 51.6 Å². The molecule has 3 heterocycles. The summed E-state index contributed by atoms with van der Waals surface area (Å²) in [5.41, 5.74) is 7.34. The van der Waals surface area contributed by atoms with E-state index in [1.54, 1.807) is 30.3 Å². The minimum absolute atomic E-state index is 0.111. The number of rotatable bonds is 8. The molecule has 2 aromatic carbocycles. The van der Waals surface area contributed by atoms with Crippen LogP contribution in [0.15, 0.2) is 85.2 Å². The van der Waals surface area contributed by atoms with Gasteiger partial charge in [-0.05, 0) is 24.1 Å². The van der Waals surface area contributed by atoms with Crippen molar-refractivity contribution in [2.75, 3.05) is 13.2 Å². The van der Waals surface area contributed by atoms with E-state index in [4.69, 9.17) is 15.2 Å². The molecule has 9 nitrogen and oxygen atoms in total. The highest BCUT2D eigenvalue weighted by atomic mass is 19.1. The van der Waals surface area contributed by atoms with Crippen LogP contribution in [0, 0.1) is 5.82 Å². The molecule has 4 aromatic rings. The maximum absolute atomic E-state index is 14.8. The molecule has 2 aromatic heterocycles. The number of hydrogen-bond donors (Lipinski definition) is 2. The number of halogens is 1. The monoisotopic (exact) mass is 501 g/mol. The summed E-state index contributed by atoms with van der Waals surface area (Å²) in [7, 11) is 0. The summed E-state index contributed by atoms with van der Waals surface area (Å²) in [6.45, 7) is 0.300. The first-order valence-electron chi connectivity index (χ1n) is 11.7. The molecule has 0 radical (unpaired) electrons. The fourth-order valence-electron chi connectivity index (χ4n) is 4.32. The normalized spacial score (nSPS) is 15.3. The highest BCUT2D eigenvalue weighted by molar-refractivity contribution is 5.98. The largest absolute Gasteiger partial charge is 0.365 e. The summed E-state index contributed by atoms with van der Waals surface area (Å²) in [5.74, 6) is -3.72. The summed E-state index contributed by atoms with van der Waals surface area (Å²) >= 11 is 0. The van der Waals surface area contributed by atoms with E-state index in [-0.39, 0.29) is 36.7 Å². The minimum Gasteiger partial charge on any atom is -0.365 e. The Labute approximate surface area is 212 Å². The number of nitrogens with zero attached hydrogens (tertiary/aromatic N) is 3. The summed E-state index contributed by atoms with van der Waals surface area (Å²) in [5, 5.41) is 7.18. The molecule has 37 heavy (non-hydrogen) atoms. The Kier molecular flexibility index (Phi) is 6.76. The first kappa shape index (κ1) is 24.3. The van der Waals surface area contributed by atoms with Gasteiger partial charge in [0.1, 0.15) is 5.69 Å². The van der Waals surface area contributed by atoms with Crippen LogP contribution in [0.4, 0.5) is 4.39 Å². The standard InChI is InChI=1S/C27H24FN5O4/c28-21-17-33(32-23(21)19-10-5-2-6-11-19)24-20(12-7-13-30-24)25(34)31-22(16-18-8-3-1-4-9-18)27(26(29)35)36-14-15-37-27/h1-13,17,22H,14-16H2,(H2,29,35)(H,31,34).